The van der Waals surface area contributed by atoms with Crippen molar-refractivity contribution in [2.24, 2.45) is 0 Å². The number of carbonyl (C=O) groups excluding carboxylic acids is 2. The normalized spacial score (nSPS) is 19.1. The van der Waals surface area contributed by atoms with Gasteiger partial charge in [0.05, 0.1) is 11.4 Å². The second-order valence-electron chi connectivity index (χ2n) is 6.03. The maximum Gasteiger partial charge on any atom is 0.278 e. The first-order valence-electron chi connectivity index (χ1n) is 7.48. The summed E-state index contributed by atoms with van der Waals surface area (Å²) in [5.74, 6) is -1.53. The van der Waals surface area contributed by atoms with Gasteiger partial charge >= 0.3 is 0 Å². The molecule has 0 saturated heterocycles. The molecule has 1 aliphatic rings. The fourth-order valence-corrected chi connectivity index (χ4v) is 2.46. The number of anilines is 2. The number of hydrogen-bond donors (Lipinski definition) is 2. The van der Waals surface area contributed by atoms with E-state index >= 15 is 0 Å². The molecule has 124 valence electrons. The molecule has 0 aliphatic carbocycles. The van der Waals surface area contributed by atoms with Gasteiger partial charge < -0.3 is 15.4 Å². The van der Waals surface area contributed by atoms with Gasteiger partial charge in [0.25, 0.3) is 17.4 Å². The molecule has 1 heterocycles. The Labute approximate surface area is 138 Å². The van der Waals surface area contributed by atoms with Crippen molar-refractivity contribution in [2.45, 2.75) is 26.4 Å². The molecular weight excluding hydrogens is 311 g/mol. The molecule has 6 heteroatoms. The smallest absolute Gasteiger partial charge is 0.278 e. The first-order valence-corrected chi connectivity index (χ1v) is 7.48. The molecule has 5 nitrogen and oxygen atoms in total. The zero-order valence-electron chi connectivity index (χ0n) is 13.6. The minimum atomic E-state index is -1.79. The summed E-state index contributed by atoms with van der Waals surface area (Å²) >= 11 is 0. The van der Waals surface area contributed by atoms with Crippen LogP contribution in [-0.2, 0) is 9.59 Å². The third-order valence-electron chi connectivity index (χ3n) is 3.93. The third kappa shape index (κ3) is 2.71. The number of ether oxygens (including phenoxy) is 1. The predicted octanol–water partition coefficient (Wildman–Crippen LogP) is 3.17. The summed E-state index contributed by atoms with van der Waals surface area (Å²) in [4.78, 5) is 25.0. The van der Waals surface area contributed by atoms with Crippen LogP contribution in [0, 0.1) is 19.7 Å². The number of nitrogens with one attached hydrogen (secondary N) is 2. The Hall–Kier alpha value is -2.89. The third-order valence-corrected chi connectivity index (χ3v) is 3.93. The van der Waals surface area contributed by atoms with Gasteiger partial charge in [0.1, 0.15) is 11.6 Å². The van der Waals surface area contributed by atoms with E-state index in [1.165, 1.54) is 19.1 Å². The van der Waals surface area contributed by atoms with Gasteiger partial charge in [-0.05, 0) is 56.2 Å². The molecular formula is C18H17FN2O3. The molecule has 1 atom stereocenters. The molecule has 0 saturated carbocycles. The number of halogens is 1. The second kappa shape index (κ2) is 5.63. The van der Waals surface area contributed by atoms with E-state index in [0.29, 0.717) is 11.4 Å². The number of fused-ring (bicyclic) bond motifs is 1. The lowest BCUT2D eigenvalue weighted by atomic mass is 10.0. The van der Waals surface area contributed by atoms with Crippen LogP contribution in [-0.4, -0.2) is 17.4 Å². The van der Waals surface area contributed by atoms with Crippen molar-refractivity contribution in [3.63, 3.8) is 0 Å². The van der Waals surface area contributed by atoms with Crippen LogP contribution in [0.5, 0.6) is 5.75 Å². The average Bonchev–Trinajstić information content (AvgIpc) is 2.52. The maximum absolute atomic E-state index is 13.8. The van der Waals surface area contributed by atoms with Crippen molar-refractivity contribution in [3.8, 4) is 5.75 Å². The summed E-state index contributed by atoms with van der Waals surface area (Å²) in [5, 5.41) is 5.10. The van der Waals surface area contributed by atoms with E-state index in [-0.39, 0.29) is 5.69 Å². The van der Waals surface area contributed by atoms with Crippen LogP contribution < -0.4 is 15.4 Å². The molecule has 0 bridgehead atoms. The second-order valence-corrected chi connectivity index (χ2v) is 6.03. The molecule has 0 aromatic heterocycles. The van der Waals surface area contributed by atoms with Crippen molar-refractivity contribution in [1.29, 1.82) is 0 Å². The fraction of sp³-hybridized carbons (Fsp3) is 0.222. The Balaban J connectivity index is 1.90. The van der Waals surface area contributed by atoms with Crippen molar-refractivity contribution >= 4 is 23.2 Å². The van der Waals surface area contributed by atoms with Gasteiger partial charge in [0, 0.05) is 0 Å². The molecule has 1 aliphatic heterocycles. The zero-order chi connectivity index (χ0) is 17.5. The Morgan fingerprint density at radius 3 is 2.58 bits per heavy atom. The molecule has 0 radical (unpaired) electrons. The molecule has 2 N–H and O–H groups in total. The van der Waals surface area contributed by atoms with E-state index in [2.05, 4.69) is 10.6 Å². The molecule has 2 amide bonds. The highest BCUT2D eigenvalue weighted by Gasteiger charge is 2.47. The summed E-state index contributed by atoms with van der Waals surface area (Å²) in [6, 6.07) is 9.60. The average molecular weight is 328 g/mol. The summed E-state index contributed by atoms with van der Waals surface area (Å²) in [6.07, 6.45) is 0. The minimum absolute atomic E-state index is 0.00679. The first kappa shape index (κ1) is 16.0. The van der Waals surface area contributed by atoms with E-state index in [1.807, 2.05) is 13.0 Å². The van der Waals surface area contributed by atoms with Crippen LogP contribution in [0.3, 0.4) is 0 Å². The zero-order valence-corrected chi connectivity index (χ0v) is 13.6. The van der Waals surface area contributed by atoms with Gasteiger partial charge in [-0.25, -0.2) is 4.39 Å². The number of amides is 2. The molecule has 0 spiro atoms. The van der Waals surface area contributed by atoms with Crippen LogP contribution in [0.25, 0.3) is 0 Å². The maximum atomic E-state index is 13.8. The monoisotopic (exact) mass is 328 g/mol. The summed E-state index contributed by atoms with van der Waals surface area (Å²) in [5.41, 5.74) is 0.455. The van der Waals surface area contributed by atoms with Crippen LogP contribution in [0.2, 0.25) is 0 Å². The van der Waals surface area contributed by atoms with Crippen LogP contribution in [0.4, 0.5) is 15.8 Å². The van der Waals surface area contributed by atoms with E-state index in [4.69, 9.17) is 4.74 Å². The number of aryl methyl sites for hydroxylation is 2. The van der Waals surface area contributed by atoms with Gasteiger partial charge in [0.2, 0.25) is 0 Å². The molecule has 24 heavy (non-hydrogen) atoms. The van der Waals surface area contributed by atoms with E-state index in [1.54, 1.807) is 25.1 Å². The lowest BCUT2D eigenvalue weighted by Crippen LogP contribution is -2.56. The standard InChI is InChI=1S/C18H17FN2O3/c1-10-4-6-12(19)13(8-10)20-16(22)18(3)17(23)21-14-9-11(2)5-7-15(14)24-18/h4-9H,1-3H3,(H,20,22)(H,21,23). The topological polar surface area (TPSA) is 67.4 Å². The molecule has 2 aromatic rings. The number of carbonyl (C=O) groups is 2. The van der Waals surface area contributed by atoms with Crippen LogP contribution in [0.15, 0.2) is 36.4 Å². The lowest BCUT2D eigenvalue weighted by Gasteiger charge is -2.33. The quantitative estimate of drug-likeness (QED) is 0.832. The SMILES string of the molecule is Cc1ccc(F)c(NC(=O)C2(C)Oc3ccc(C)cc3NC2=O)c1. The first-order chi connectivity index (χ1) is 11.3. The number of rotatable bonds is 2. The summed E-state index contributed by atoms with van der Waals surface area (Å²) < 4.78 is 19.5. The highest BCUT2D eigenvalue weighted by molar-refractivity contribution is 6.19. The Morgan fingerprint density at radius 1 is 1.17 bits per heavy atom. The van der Waals surface area contributed by atoms with Crippen LogP contribution in [0.1, 0.15) is 18.1 Å². The van der Waals surface area contributed by atoms with E-state index in [0.717, 1.165) is 11.1 Å². The molecule has 3 rings (SSSR count). The van der Waals surface area contributed by atoms with Gasteiger partial charge in [-0.15, -0.1) is 0 Å². The van der Waals surface area contributed by atoms with Crippen molar-refractivity contribution in [3.05, 3.63) is 53.3 Å². The molecule has 0 fully saturated rings. The lowest BCUT2D eigenvalue weighted by molar-refractivity contribution is -0.143. The number of benzene rings is 2. The highest BCUT2D eigenvalue weighted by atomic mass is 19.1. The highest BCUT2D eigenvalue weighted by Crippen LogP contribution is 2.35. The predicted molar refractivity (Wildman–Crippen MR) is 88.6 cm³/mol. The molecule has 1 unspecified atom stereocenters. The van der Waals surface area contributed by atoms with E-state index in [9.17, 15) is 14.0 Å². The number of hydrogen-bond acceptors (Lipinski definition) is 3. The van der Waals surface area contributed by atoms with Crippen molar-refractivity contribution in [2.75, 3.05) is 10.6 Å². The van der Waals surface area contributed by atoms with Crippen LogP contribution >= 0.6 is 0 Å². The summed E-state index contributed by atoms with van der Waals surface area (Å²) in [7, 11) is 0. The minimum Gasteiger partial charge on any atom is -0.466 e. The van der Waals surface area contributed by atoms with E-state index < -0.39 is 23.2 Å². The Kier molecular flexibility index (Phi) is 3.75. The summed E-state index contributed by atoms with van der Waals surface area (Å²) in [6.45, 7) is 5.01. The van der Waals surface area contributed by atoms with Gasteiger partial charge in [0.15, 0.2) is 0 Å². The van der Waals surface area contributed by atoms with Gasteiger partial charge in [-0.1, -0.05) is 12.1 Å². The fourth-order valence-electron chi connectivity index (χ4n) is 2.46. The van der Waals surface area contributed by atoms with Gasteiger partial charge in [-0.2, -0.15) is 0 Å². The molecule has 2 aromatic carbocycles. The van der Waals surface area contributed by atoms with Crippen molar-refractivity contribution in [1.82, 2.24) is 0 Å². The van der Waals surface area contributed by atoms with Crippen molar-refractivity contribution < 1.29 is 18.7 Å². The Bertz CT molecular complexity index is 850. The largest absolute Gasteiger partial charge is 0.466 e. The van der Waals surface area contributed by atoms with Gasteiger partial charge in [-0.3, -0.25) is 9.59 Å². The Morgan fingerprint density at radius 2 is 1.83 bits per heavy atom.